The molecule has 0 unspecified atom stereocenters. The van der Waals surface area contributed by atoms with Crippen LogP contribution in [0.5, 0.6) is 23.0 Å². The van der Waals surface area contributed by atoms with Crippen LogP contribution in [0, 0.1) is 0 Å². The van der Waals surface area contributed by atoms with Gasteiger partial charge in [-0.15, -0.1) is 0 Å². The predicted octanol–water partition coefficient (Wildman–Crippen LogP) is 3.85. The van der Waals surface area contributed by atoms with Gasteiger partial charge in [0.15, 0.2) is 23.0 Å². The van der Waals surface area contributed by atoms with E-state index in [0.717, 1.165) is 48.2 Å². The molecule has 1 aromatic heterocycles. The Balaban J connectivity index is 1.56. The van der Waals surface area contributed by atoms with Crippen LogP contribution in [-0.2, 0) is 35.3 Å². The maximum absolute atomic E-state index is 11.2. The van der Waals surface area contributed by atoms with Crippen molar-refractivity contribution >= 4 is 11.9 Å². The highest BCUT2D eigenvalue weighted by atomic mass is 16.6. The Morgan fingerprint density at radius 2 is 1.24 bits per heavy atom. The van der Waals surface area contributed by atoms with Crippen LogP contribution in [0.4, 0.5) is 0 Å². The third-order valence-electron chi connectivity index (χ3n) is 5.00. The number of aryl methyl sites for hydroxylation is 4. The molecule has 0 bridgehead atoms. The highest BCUT2D eigenvalue weighted by Gasteiger charge is 2.11. The van der Waals surface area contributed by atoms with Gasteiger partial charge in [0, 0.05) is 19.5 Å². The molecule has 0 saturated carbocycles. The van der Waals surface area contributed by atoms with Gasteiger partial charge in [0.1, 0.15) is 0 Å². The van der Waals surface area contributed by atoms with Crippen LogP contribution in [-0.4, -0.2) is 36.4 Å². The van der Waals surface area contributed by atoms with Gasteiger partial charge in [-0.25, -0.2) is 0 Å². The summed E-state index contributed by atoms with van der Waals surface area (Å²) in [5.74, 6) is 1.11. The Kier molecular flexibility index (Phi) is 8.07. The number of carbonyl (C=O) groups is 2. The fourth-order valence-corrected chi connectivity index (χ4v) is 3.43. The number of nitrogens with one attached hydrogen (secondary N) is 1. The number of carbonyl (C=O) groups excluding carboxylic acids is 2. The summed E-state index contributed by atoms with van der Waals surface area (Å²) in [4.78, 5) is 22.4. The Morgan fingerprint density at radius 1 is 0.727 bits per heavy atom. The number of H-pyrrole nitrogens is 1. The van der Waals surface area contributed by atoms with E-state index in [-0.39, 0.29) is 11.9 Å². The molecule has 3 rings (SSSR count). The summed E-state index contributed by atoms with van der Waals surface area (Å²) >= 11 is 0. The fourth-order valence-electron chi connectivity index (χ4n) is 3.43. The maximum atomic E-state index is 11.2. The lowest BCUT2D eigenvalue weighted by atomic mass is 10.1. The van der Waals surface area contributed by atoms with Crippen molar-refractivity contribution in [3.63, 3.8) is 0 Å². The zero-order valence-corrected chi connectivity index (χ0v) is 19.3. The normalized spacial score (nSPS) is 10.5. The average molecular weight is 453 g/mol. The third-order valence-corrected chi connectivity index (χ3v) is 5.00. The van der Waals surface area contributed by atoms with Gasteiger partial charge in [-0.1, -0.05) is 12.1 Å². The van der Waals surface area contributed by atoms with Crippen LogP contribution in [0.25, 0.3) is 0 Å². The molecule has 1 N–H and O–H groups in total. The summed E-state index contributed by atoms with van der Waals surface area (Å²) in [5, 5.41) is 7.51. The number of rotatable bonds is 10. The SMILES string of the molecule is COc1cc(CCc2cc(CCc3ccc(OC(C)=O)c(OC)c3)[nH]n2)ccc1OC(C)=O. The van der Waals surface area contributed by atoms with Gasteiger partial charge in [-0.05, 0) is 67.1 Å². The number of aromatic amines is 1. The van der Waals surface area contributed by atoms with Crippen molar-refractivity contribution in [2.24, 2.45) is 0 Å². The van der Waals surface area contributed by atoms with E-state index in [9.17, 15) is 9.59 Å². The van der Waals surface area contributed by atoms with E-state index in [1.165, 1.54) is 13.8 Å². The maximum Gasteiger partial charge on any atom is 0.308 e. The summed E-state index contributed by atoms with van der Waals surface area (Å²) < 4.78 is 21.0. The fraction of sp³-hybridized carbons (Fsp3) is 0.320. The standard InChI is InChI=1S/C25H28N2O6/c1-16(28)32-22-11-7-18(13-24(22)30-3)5-9-20-15-21(27-26-20)10-6-19-8-12-23(33-17(2)29)25(14-19)31-4/h7-8,11-15H,5-6,9-10H2,1-4H3,(H,26,27). The summed E-state index contributed by atoms with van der Waals surface area (Å²) in [6.07, 6.45) is 3.11. The molecule has 174 valence electrons. The second kappa shape index (κ2) is 11.2. The van der Waals surface area contributed by atoms with Crippen molar-refractivity contribution < 1.29 is 28.5 Å². The third kappa shape index (κ3) is 6.83. The summed E-state index contributed by atoms with van der Waals surface area (Å²) in [6, 6.07) is 13.1. The van der Waals surface area contributed by atoms with E-state index in [2.05, 4.69) is 16.3 Å². The minimum atomic E-state index is -0.385. The molecular formula is C25H28N2O6. The zero-order valence-electron chi connectivity index (χ0n) is 19.3. The molecule has 0 atom stereocenters. The summed E-state index contributed by atoms with van der Waals surface area (Å²) in [6.45, 7) is 2.72. The van der Waals surface area contributed by atoms with Crippen LogP contribution in [0.2, 0.25) is 0 Å². The molecule has 0 spiro atoms. The first kappa shape index (κ1) is 23.8. The molecule has 1 heterocycles. The van der Waals surface area contributed by atoms with E-state index < -0.39 is 0 Å². The lowest BCUT2D eigenvalue weighted by molar-refractivity contribution is -0.132. The van der Waals surface area contributed by atoms with Crippen molar-refractivity contribution in [1.82, 2.24) is 10.2 Å². The number of hydrogen-bond acceptors (Lipinski definition) is 7. The van der Waals surface area contributed by atoms with E-state index in [1.54, 1.807) is 26.4 Å². The van der Waals surface area contributed by atoms with Crippen LogP contribution < -0.4 is 18.9 Å². The topological polar surface area (TPSA) is 99.7 Å². The minimum Gasteiger partial charge on any atom is -0.493 e. The predicted molar refractivity (Wildman–Crippen MR) is 122 cm³/mol. The van der Waals surface area contributed by atoms with Gasteiger partial charge in [0.05, 0.1) is 19.9 Å². The lowest BCUT2D eigenvalue weighted by Crippen LogP contribution is -2.03. The molecule has 0 fully saturated rings. The van der Waals surface area contributed by atoms with Crippen molar-refractivity contribution in [3.05, 3.63) is 65.0 Å². The Hall–Kier alpha value is -3.81. The molecule has 0 aliphatic carbocycles. The van der Waals surface area contributed by atoms with Crippen molar-refractivity contribution in [3.8, 4) is 23.0 Å². The summed E-state index contributed by atoms with van der Waals surface area (Å²) in [7, 11) is 3.10. The molecule has 33 heavy (non-hydrogen) atoms. The molecule has 2 aromatic carbocycles. The Labute approximate surface area is 192 Å². The lowest BCUT2D eigenvalue weighted by Gasteiger charge is -2.10. The van der Waals surface area contributed by atoms with Crippen molar-refractivity contribution in [2.45, 2.75) is 39.5 Å². The van der Waals surface area contributed by atoms with E-state index in [4.69, 9.17) is 18.9 Å². The second-order valence-electron chi connectivity index (χ2n) is 7.54. The highest BCUT2D eigenvalue weighted by molar-refractivity contribution is 5.71. The van der Waals surface area contributed by atoms with Gasteiger partial charge in [0.2, 0.25) is 0 Å². The number of esters is 2. The van der Waals surface area contributed by atoms with Gasteiger partial charge in [0.25, 0.3) is 0 Å². The first-order valence-electron chi connectivity index (χ1n) is 10.6. The second-order valence-corrected chi connectivity index (χ2v) is 7.54. The van der Waals surface area contributed by atoms with Crippen LogP contribution in [0.15, 0.2) is 42.5 Å². The van der Waals surface area contributed by atoms with Crippen molar-refractivity contribution in [1.29, 1.82) is 0 Å². The summed E-state index contributed by atoms with van der Waals surface area (Å²) in [5.41, 5.74) is 4.14. The zero-order chi connectivity index (χ0) is 23.8. The van der Waals surface area contributed by atoms with Gasteiger partial charge in [-0.3, -0.25) is 14.7 Å². The average Bonchev–Trinajstić information content (AvgIpc) is 3.24. The number of methoxy groups -OCH3 is 2. The Bertz CT molecular complexity index is 1040. The van der Waals surface area contributed by atoms with Gasteiger partial charge < -0.3 is 18.9 Å². The van der Waals surface area contributed by atoms with Crippen LogP contribution in [0.3, 0.4) is 0 Å². The quantitative estimate of drug-likeness (QED) is 0.368. The largest absolute Gasteiger partial charge is 0.493 e. The van der Waals surface area contributed by atoms with E-state index in [1.807, 2.05) is 24.3 Å². The van der Waals surface area contributed by atoms with E-state index in [0.29, 0.717) is 23.0 Å². The first-order valence-corrected chi connectivity index (χ1v) is 10.6. The molecule has 0 aliphatic rings. The molecule has 0 amide bonds. The number of ether oxygens (including phenoxy) is 4. The molecule has 0 aliphatic heterocycles. The smallest absolute Gasteiger partial charge is 0.308 e. The first-order chi connectivity index (χ1) is 15.9. The molecule has 8 heteroatoms. The number of nitrogens with zero attached hydrogens (tertiary/aromatic N) is 1. The minimum absolute atomic E-state index is 0.384. The number of hydrogen-bond donors (Lipinski definition) is 1. The molecule has 3 aromatic rings. The van der Waals surface area contributed by atoms with Crippen molar-refractivity contribution in [2.75, 3.05) is 14.2 Å². The highest BCUT2D eigenvalue weighted by Crippen LogP contribution is 2.30. The van der Waals surface area contributed by atoms with Gasteiger partial charge >= 0.3 is 11.9 Å². The Morgan fingerprint density at radius 3 is 1.73 bits per heavy atom. The van der Waals surface area contributed by atoms with Crippen LogP contribution in [0.1, 0.15) is 36.4 Å². The van der Waals surface area contributed by atoms with Gasteiger partial charge in [-0.2, -0.15) is 5.10 Å². The molecule has 0 saturated heterocycles. The number of benzene rings is 2. The van der Waals surface area contributed by atoms with Crippen LogP contribution >= 0.6 is 0 Å². The molecule has 8 nitrogen and oxygen atoms in total. The molecular weight excluding hydrogens is 424 g/mol. The molecule has 0 radical (unpaired) electrons. The van der Waals surface area contributed by atoms with E-state index >= 15 is 0 Å². The number of aromatic nitrogens is 2. The monoisotopic (exact) mass is 452 g/mol.